The van der Waals surface area contributed by atoms with Gasteiger partial charge in [0.05, 0.1) is 0 Å². The van der Waals surface area contributed by atoms with Crippen LogP contribution in [0, 0.1) is 0 Å². The van der Waals surface area contributed by atoms with Crippen molar-refractivity contribution in [3.8, 4) is 0 Å². The minimum absolute atomic E-state index is 0.0433. The van der Waals surface area contributed by atoms with Crippen LogP contribution >= 0.6 is 11.8 Å². The van der Waals surface area contributed by atoms with Gasteiger partial charge in [0.15, 0.2) is 0 Å². The van der Waals surface area contributed by atoms with E-state index in [1.807, 2.05) is 6.07 Å². The number of aryl methyl sites for hydroxylation is 1. The van der Waals surface area contributed by atoms with E-state index in [-0.39, 0.29) is 17.5 Å². The minimum atomic E-state index is -4.11. The number of thioether (sulfide) groups is 1. The van der Waals surface area contributed by atoms with Crippen molar-refractivity contribution in [1.29, 1.82) is 0 Å². The summed E-state index contributed by atoms with van der Waals surface area (Å²) in [7, 11) is 0. The normalized spacial score (nSPS) is 19.2. The second kappa shape index (κ2) is 6.66. The van der Waals surface area contributed by atoms with Gasteiger partial charge in [-0.1, -0.05) is 24.3 Å². The summed E-state index contributed by atoms with van der Waals surface area (Å²) in [5.41, 5.74) is -1.35. The van der Waals surface area contributed by atoms with Gasteiger partial charge in [-0.2, -0.15) is 13.2 Å². The lowest BCUT2D eigenvalue weighted by molar-refractivity contribution is -0.0327. The molecule has 1 atom stereocenters. The molecule has 1 N–H and O–H groups in total. The average molecular weight is 289 g/mol. The van der Waals surface area contributed by atoms with Crippen molar-refractivity contribution >= 4 is 11.8 Å². The Morgan fingerprint density at radius 3 is 2.84 bits per heavy atom. The summed E-state index contributed by atoms with van der Waals surface area (Å²) in [6, 6.07) is 8.39. The number of alkyl halides is 3. The summed E-state index contributed by atoms with van der Waals surface area (Å²) in [6.07, 6.45) is 3.41. The van der Waals surface area contributed by atoms with Crippen LogP contribution in [0.25, 0.3) is 0 Å². The fourth-order valence-electron chi connectivity index (χ4n) is 2.58. The molecule has 0 fully saturated rings. The Morgan fingerprint density at radius 1 is 1.26 bits per heavy atom. The Bertz CT molecular complexity index is 406. The van der Waals surface area contributed by atoms with Crippen molar-refractivity contribution in [2.24, 2.45) is 0 Å². The molecule has 1 aliphatic carbocycles. The zero-order valence-corrected chi connectivity index (χ0v) is 11.5. The molecule has 1 unspecified atom stereocenters. The Balaban J connectivity index is 1.75. The monoisotopic (exact) mass is 289 g/mol. The summed E-state index contributed by atoms with van der Waals surface area (Å²) in [5.74, 6) is 0.526. The van der Waals surface area contributed by atoms with Gasteiger partial charge in [0.25, 0.3) is 0 Å². The lowest BCUT2D eigenvalue weighted by Gasteiger charge is -2.25. The van der Waals surface area contributed by atoms with Gasteiger partial charge >= 0.3 is 5.51 Å². The number of nitrogens with one attached hydrogen (secondary N) is 1. The zero-order valence-electron chi connectivity index (χ0n) is 10.7. The van der Waals surface area contributed by atoms with Gasteiger partial charge in [-0.25, -0.2) is 0 Å². The Hall–Kier alpha value is -0.680. The largest absolute Gasteiger partial charge is 0.441 e. The lowest BCUT2D eigenvalue weighted by Crippen LogP contribution is -2.26. The van der Waals surface area contributed by atoms with E-state index in [4.69, 9.17) is 0 Å². The lowest BCUT2D eigenvalue weighted by atomic mass is 9.83. The second-order valence-electron chi connectivity index (χ2n) is 4.79. The molecule has 0 amide bonds. The fraction of sp³-hybridized carbons (Fsp3) is 0.571. The van der Waals surface area contributed by atoms with Crippen LogP contribution in [0.4, 0.5) is 13.2 Å². The third-order valence-corrected chi connectivity index (χ3v) is 4.16. The molecule has 5 heteroatoms. The first kappa shape index (κ1) is 14.7. The maximum Gasteiger partial charge on any atom is 0.441 e. The third-order valence-electron chi connectivity index (χ3n) is 3.43. The van der Waals surface area contributed by atoms with Gasteiger partial charge in [-0.15, -0.1) is 0 Å². The molecule has 2 rings (SSSR count). The first-order valence-corrected chi connectivity index (χ1v) is 7.54. The van der Waals surface area contributed by atoms with Crippen LogP contribution in [0.15, 0.2) is 24.3 Å². The fourth-order valence-corrected chi connectivity index (χ4v) is 3.06. The topological polar surface area (TPSA) is 12.0 Å². The van der Waals surface area contributed by atoms with E-state index in [1.54, 1.807) is 0 Å². The van der Waals surface area contributed by atoms with E-state index in [1.165, 1.54) is 17.5 Å². The Labute approximate surface area is 116 Å². The van der Waals surface area contributed by atoms with Crippen molar-refractivity contribution < 1.29 is 13.2 Å². The summed E-state index contributed by atoms with van der Waals surface area (Å²) in [4.78, 5) is 0. The number of hydrogen-bond donors (Lipinski definition) is 1. The summed E-state index contributed by atoms with van der Waals surface area (Å²) >= 11 is 0.0433. The van der Waals surface area contributed by atoms with Crippen molar-refractivity contribution in [3.63, 3.8) is 0 Å². The maximum absolute atomic E-state index is 12.0. The first-order valence-electron chi connectivity index (χ1n) is 6.55. The molecule has 0 heterocycles. The number of halogens is 3. The van der Waals surface area contributed by atoms with E-state index in [9.17, 15) is 13.2 Å². The zero-order chi connectivity index (χ0) is 13.7. The van der Waals surface area contributed by atoms with Crippen LogP contribution in [-0.2, 0) is 6.42 Å². The highest BCUT2D eigenvalue weighted by Gasteiger charge is 2.27. The van der Waals surface area contributed by atoms with Gasteiger partial charge in [0.1, 0.15) is 0 Å². The van der Waals surface area contributed by atoms with Crippen LogP contribution < -0.4 is 5.32 Å². The molecular formula is C14H18F3NS. The maximum atomic E-state index is 12.0. The van der Waals surface area contributed by atoms with E-state index < -0.39 is 5.51 Å². The molecule has 1 nitrogen and oxygen atoms in total. The van der Waals surface area contributed by atoms with Gasteiger partial charge in [0, 0.05) is 18.8 Å². The van der Waals surface area contributed by atoms with E-state index in [0.29, 0.717) is 12.5 Å². The Morgan fingerprint density at radius 2 is 2.05 bits per heavy atom. The number of fused-ring (bicyclic) bond motifs is 1. The molecule has 1 aliphatic rings. The highest BCUT2D eigenvalue weighted by Crippen LogP contribution is 2.31. The molecule has 106 valence electrons. The SMILES string of the molecule is FC(F)(F)SCCNCC1CCCc2ccccc21. The third kappa shape index (κ3) is 4.73. The molecule has 1 aromatic rings. The highest BCUT2D eigenvalue weighted by atomic mass is 32.2. The van der Waals surface area contributed by atoms with Gasteiger partial charge in [0.2, 0.25) is 0 Å². The van der Waals surface area contributed by atoms with Crippen LogP contribution in [-0.4, -0.2) is 24.4 Å². The molecular weight excluding hydrogens is 271 g/mol. The first-order chi connectivity index (χ1) is 9.06. The number of benzene rings is 1. The number of hydrogen-bond acceptors (Lipinski definition) is 2. The molecule has 0 spiro atoms. The highest BCUT2D eigenvalue weighted by molar-refractivity contribution is 8.00. The molecule has 0 aliphatic heterocycles. The molecule has 1 aromatic carbocycles. The van der Waals surface area contributed by atoms with Crippen molar-refractivity contribution in [2.75, 3.05) is 18.8 Å². The quantitative estimate of drug-likeness (QED) is 0.824. The molecule has 0 saturated carbocycles. The van der Waals surface area contributed by atoms with E-state index in [2.05, 4.69) is 23.5 Å². The van der Waals surface area contributed by atoms with Gasteiger partial charge in [-0.05, 0) is 48.1 Å². The molecule has 19 heavy (non-hydrogen) atoms. The number of rotatable bonds is 5. The molecule has 0 radical (unpaired) electrons. The predicted octanol–water partition coefficient (Wildman–Crippen LogP) is 3.95. The summed E-state index contributed by atoms with van der Waals surface area (Å²) in [5, 5.41) is 3.15. The van der Waals surface area contributed by atoms with Crippen molar-refractivity contribution in [2.45, 2.75) is 30.7 Å². The standard InChI is InChI=1S/C14H18F3NS/c15-14(16,17)19-9-8-18-10-12-6-3-5-11-4-1-2-7-13(11)12/h1-2,4,7,12,18H,3,5-6,8-10H2. The Kier molecular flexibility index (Phi) is 5.16. The van der Waals surface area contributed by atoms with Crippen LogP contribution in [0.3, 0.4) is 0 Å². The molecule has 0 saturated heterocycles. The summed E-state index contributed by atoms with van der Waals surface area (Å²) < 4.78 is 35.9. The second-order valence-corrected chi connectivity index (χ2v) is 5.95. The van der Waals surface area contributed by atoms with E-state index >= 15 is 0 Å². The van der Waals surface area contributed by atoms with Gasteiger partial charge < -0.3 is 5.32 Å². The predicted molar refractivity (Wildman–Crippen MR) is 73.5 cm³/mol. The summed E-state index contributed by atoms with van der Waals surface area (Å²) in [6.45, 7) is 1.18. The van der Waals surface area contributed by atoms with Crippen molar-refractivity contribution in [1.82, 2.24) is 5.32 Å². The van der Waals surface area contributed by atoms with Crippen LogP contribution in [0.2, 0.25) is 0 Å². The minimum Gasteiger partial charge on any atom is -0.315 e. The average Bonchev–Trinajstić information content (AvgIpc) is 2.37. The van der Waals surface area contributed by atoms with Crippen LogP contribution in [0.1, 0.15) is 29.9 Å². The van der Waals surface area contributed by atoms with Crippen LogP contribution in [0.5, 0.6) is 0 Å². The van der Waals surface area contributed by atoms with E-state index in [0.717, 1.165) is 19.4 Å². The molecule has 0 aromatic heterocycles. The van der Waals surface area contributed by atoms with Crippen molar-refractivity contribution in [3.05, 3.63) is 35.4 Å². The molecule has 0 bridgehead atoms. The smallest absolute Gasteiger partial charge is 0.315 e. The van der Waals surface area contributed by atoms with Gasteiger partial charge in [-0.3, -0.25) is 0 Å².